The standard InChI is InChI=1S/C34H59N5O8/c1-4-31(40)36-16-20-44-24-26-46-22-18-38-33(42)29-11-13-30(14-12-29)34(43)39-19-23-47-27-25-45-21-17-37-32(41)10-8-6-5-7-9-15-35-28(2)3/h11-14,28,35H,4-10,15-27H2,1-3H3,(H,36,40)(H,37,41)(H,38,42)(H,39,43). The van der Waals surface area contributed by atoms with E-state index in [9.17, 15) is 19.2 Å². The summed E-state index contributed by atoms with van der Waals surface area (Å²) in [5.74, 6) is -0.457. The molecule has 1 aromatic rings. The molecule has 0 fully saturated rings. The maximum Gasteiger partial charge on any atom is 0.251 e. The smallest absolute Gasteiger partial charge is 0.251 e. The van der Waals surface area contributed by atoms with Crippen molar-refractivity contribution in [2.24, 2.45) is 0 Å². The summed E-state index contributed by atoms with van der Waals surface area (Å²) in [4.78, 5) is 47.7. The number of rotatable bonds is 30. The lowest BCUT2D eigenvalue weighted by Crippen LogP contribution is -2.29. The van der Waals surface area contributed by atoms with Gasteiger partial charge in [-0.15, -0.1) is 0 Å². The highest BCUT2D eigenvalue weighted by Gasteiger charge is 2.09. The zero-order chi connectivity index (χ0) is 34.4. The van der Waals surface area contributed by atoms with Crippen LogP contribution < -0.4 is 26.6 Å². The van der Waals surface area contributed by atoms with Crippen LogP contribution in [-0.4, -0.2) is 115 Å². The number of carbonyl (C=O) groups excluding carboxylic acids is 4. The van der Waals surface area contributed by atoms with Crippen molar-refractivity contribution in [1.29, 1.82) is 0 Å². The normalized spacial score (nSPS) is 11.0. The number of ether oxygens (including phenoxy) is 4. The lowest BCUT2D eigenvalue weighted by Gasteiger charge is -2.09. The minimum Gasteiger partial charge on any atom is -0.377 e. The molecule has 47 heavy (non-hydrogen) atoms. The summed E-state index contributed by atoms with van der Waals surface area (Å²) in [5.41, 5.74) is 0.887. The van der Waals surface area contributed by atoms with Gasteiger partial charge in [0.05, 0.1) is 52.9 Å². The second-order valence-electron chi connectivity index (χ2n) is 11.2. The second kappa shape index (κ2) is 29.1. The largest absolute Gasteiger partial charge is 0.377 e. The van der Waals surface area contributed by atoms with Crippen LogP contribution in [0.5, 0.6) is 0 Å². The van der Waals surface area contributed by atoms with E-state index >= 15 is 0 Å². The average Bonchev–Trinajstić information content (AvgIpc) is 3.07. The van der Waals surface area contributed by atoms with E-state index in [4.69, 9.17) is 18.9 Å². The zero-order valence-corrected chi connectivity index (χ0v) is 28.8. The van der Waals surface area contributed by atoms with Crippen molar-refractivity contribution in [2.75, 3.05) is 85.6 Å². The monoisotopic (exact) mass is 665 g/mol. The summed E-state index contributed by atoms with van der Waals surface area (Å²) in [5, 5.41) is 14.6. The Morgan fingerprint density at radius 3 is 1.38 bits per heavy atom. The van der Waals surface area contributed by atoms with Crippen molar-refractivity contribution in [1.82, 2.24) is 26.6 Å². The molecule has 0 spiro atoms. The van der Waals surface area contributed by atoms with Crippen molar-refractivity contribution >= 4 is 23.6 Å². The SMILES string of the molecule is CCC(=O)NCCOCCOCCNC(=O)c1ccc(C(=O)NCCOCCOCCNC(=O)CCCCCCCNC(C)C)cc1. The molecule has 268 valence electrons. The maximum atomic E-state index is 12.4. The first-order chi connectivity index (χ1) is 22.8. The van der Waals surface area contributed by atoms with Crippen LogP contribution in [0.1, 0.15) is 86.4 Å². The number of amides is 4. The van der Waals surface area contributed by atoms with E-state index < -0.39 is 0 Å². The molecule has 0 aliphatic heterocycles. The molecule has 0 heterocycles. The molecule has 0 saturated heterocycles. The molecule has 0 aliphatic rings. The van der Waals surface area contributed by atoms with Gasteiger partial charge in [0.15, 0.2) is 0 Å². The highest BCUT2D eigenvalue weighted by molar-refractivity contribution is 5.97. The van der Waals surface area contributed by atoms with Crippen LogP contribution in [0.3, 0.4) is 0 Å². The van der Waals surface area contributed by atoms with Gasteiger partial charge in [-0.1, -0.05) is 40.0 Å². The molecule has 0 atom stereocenters. The number of hydrogen-bond donors (Lipinski definition) is 5. The summed E-state index contributed by atoms with van der Waals surface area (Å²) in [7, 11) is 0. The minimum atomic E-state index is -0.256. The predicted octanol–water partition coefficient (Wildman–Crippen LogP) is 2.19. The quantitative estimate of drug-likeness (QED) is 0.0775. The highest BCUT2D eigenvalue weighted by Crippen LogP contribution is 2.06. The van der Waals surface area contributed by atoms with Gasteiger partial charge in [-0.25, -0.2) is 0 Å². The first-order valence-corrected chi connectivity index (χ1v) is 17.1. The molecular weight excluding hydrogens is 606 g/mol. The third-order valence-electron chi connectivity index (χ3n) is 6.81. The van der Waals surface area contributed by atoms with Crippen molar-refractivity contribution in [3.05, 3.63) is 35.4 Å². The molecular formula is C34H59N5O8. The van der Waals surface area contributed by atoms with E-state index in [1.165, 1.54) is 12.8 Å². The van der Waals surface area contributed by atoms with Crippen molar-refractivity contribution < 1.29 is 38.1 Å². The van der Waals surface area contributed by atoms with Gasteiger partial charge in [-0.2, -0.15) is 0 Å². The molecule has 13 nitrogen and oxygen atoms in total. The summed E-state index contributed by atoms with van der Waals surface area (Å²) >= 11 is 0. The summed E-state index contributed by atoms with van der Waals surface area (Å²) in [6.45, 7) is 11.9. The Morgan fingerprint density at radius 1 is 0.532 bits per heavy atom. The second-order valence-corrected chi connectivity index (χ2v) is 11.2. The number of benzene rings is 1. The maximum absolute atomic E-state index is 12.4. The van der Waals surface area contributed by atoms with Crippen LogP contribution >= 0.6 is 0 Å². The Labute approximate surface area is 280 Å². The van der Waals surface area contributed by atoms with E-state index in [1.807, 2.05) is 0 Å². The highest BCUT2D eigenvalue weighted by atomic mass is 16.5. The lowest BCUT2D eigenvalue weighted by molar-refractivity contribution is -0.122. The fourth-order valence-electron chi connectivity index (χ4n) is 4.16. The van der Waals surface area contributed by atoms with E-state index in [0.717, 1.165) is 25.8 Å². The Kier molecular flexibility index (Phi) is 25.9. The van der Waals surface area contributed by atoms with E-state index in [1.54, 1.807) is 31.2 Å². The van der Waals surface area contributed by atoms with Gasteiger partial charge in [0, 0.05) is 56.2 Å². The van der Waals surface area contributed by atoms with Crippen molar-refractivity contribution in [3.63, 3.8) is 0 Å². The van der Waals surface area contributed by atoms with Gasteiger partial charge in [-0.05, 0) is 43.7 Å². The van der Waals surface area contributed by atoms with Gasteiger partial charge >= 0.3 is 0 Å². The van der Waals surface area contributed by atoms with Crippen LogP contribution in [0.2, 0.25) is 0 Å². The van der Waals surface area contributed by atoms with Gasteiger partial charge in [0.2, 0.25) is 11.8 Å². The summed E-state index contributed by atoms with van der Waals surface area (Å²) in [6, 6.07) is 6.93. The van der Waals surface area contributed by atoms with Gasteiger partial charge < -0.3 is 45.5 Å². The zero-order valence-electron chi connectivity index (χ0n) is 28.8. The Balaban J connectivity index is 1.96. The van der Waals surface area contributed by atoms with E-state index in [2.05, 4.69) is 40.4 Å². The fourth-order valence-corrected chi connectivity index (χ4v) is 4.16. The summed E-state index contributed by atoms with van der Waals surface area (Å²) in [6.07, 6.45) is 6.53. The molecule has 0 unspecified atom stereocenters. The van der Waals surface area contributed by atoms with Crippen LogP contribution in [0.4, 0.5) is 0 Å². The molecule has 0 aliphatic carbocycles. The number of nitrogens with one attached hydrogen (secondary N) is 5. The first-order valence-electron chi connectivity index (χ1n) is 17.1. The third-order valence-corrected chi connectivity index (χ3v) is 6.81. The first kappa shape index (κ1) is 41.9. The van der Waals surface area contributed by atoms with Crippen LogP contribution in [0, 0.1) is 0 Å². The Bertz CT molecular complexity index is 978. The molecule has 5 N–H and O–H groups in total. The molecule has 0 aromatic heterocycles. The van der Waals surface area contributed by atoms with Gasteiger partial charge in [0.25, 0.3) is 11.8 Å². The van der Waals surface area contributed by atoms with Crippen LogP contribution in [0.15, 0.2) is 24.3 Å². The van der Waals surface area contributed by atoms with Crippen molar-refractivity contribution in [3.8, 4) is 0 Å². The van der Waals surface area contributed by atoms with Crippen LogP contribution in [-0.2, 0) is 28.5 Å². The summed E-state index contributed by atoms with van der Waals surface area (Å²) < 4.78 is 21.8. The Morgan fingerprint density at radius 2 is 0.936 bits per heavy atom. The predicted molar refractivity (Wildman–Crippen MR) is 182 cm³/mol. The fraction of sp³-hybridized carbons (Fsp3) is 0.706. The van der Waals surface area contributed by atoms with Gasteiger partial charge in [0.1, 0.15) is 0 Å². The number of carbonyl (C=O) groups is 4. The van der Waals surface area contributed by atoms with E-state index in [0.29, 0.717) is 109 Å². The molecule has 13 heteroatoms. The molecule has 0 bridgehead atoms. The van der Waals surface area contributed by atoms with Crippen molar-refractivity contribution in [2.45, 2.75) is 71.8 Å². The van der Waals surface area contributed by atoms with Gasteiger partial charge in [-0.3, -0.25) is 19.2 Å². The lowest BCUT2D eigenvalue weighted by atomic mass is 10.1. The minimum absolute atomic E-state index is 0.00798. The average molecular weight is 666 g/mol. The molecule has 4 amide bonds. The molecule has 1 rings (SSSR count). The Hall–Kier alpha value is -3.10. The molecule has 0 radical (unpaired) electrons. The molecule has 1 aromatic carbocycles. The topological polar surface area (TPSA) is 165 Å². The van der Waals surface area contributed by atoms with Crippen LogP contribution in [0.25, 0.3) is 0 Å². The molecule has 0 saturated carbocycles. The van der Waals surface area contributed by atoms with E-state index in [-0.39, 0.29) is 23.6 Å². The number of hydrogen-bond acceptors (Lipinski definition) is 9. The third kappa shape index (κ3) is 24.7. The number of unbranched alkanes of at least 4 members (excludes halogenated alkanes) is 4.